The third-order valence-electron chi connectivity index (χ3n) is 4.67. The molecule has 1 heterocycles. The Balaban J connectivity index is 1.26. The van der Waals surface area contributed by atoms with Crippen molar-refractivity contribution < 1.29 is 9.59 Å². The molecule has 148 valence electrons. The van der Waals surface area contributed by atoms with Gasteiger partial charge in [-0.15, -0.1) is 0 Å². The summed E-state index contributed by atoms with van der Waals surface area (Å²) in [6.45, 7) is 0.993. The fourth-order valence-electron chi connectivity index (χ4n) is 2.98. The fraction of sp³-hybridized carbons (Fsp3) is 0.227. The summed E-state index contributed by atoms with van der Waals surface area (Å²) in [5.74, 6) is 0.715. The molecule has 3 aromatic rings. The number of carbonyl (C=O) groups is 2. The van der Waals surface area contributed by atoms with Crippen LogP contribution in [0.15, 0.2) is 66.9 Å². The van der Waals surface area contributed by atoms with E-state index in [1.807, 2.05) is 60.8 Å². The summed E-state index contributed by atoms with van der Waals surface area (Å²) in [7, 11) is 0. The van der Waals surface area contributed by atoms with Gasteiger partial charge in [-0.1, -0.05) is 42.5 Å². The second-order valence-corrected chi connectivity index (χ2v) is 7.16. The highest BCUT2D eigenvalue weighted by atomic mass is 16.2. The van der Waals surface area contributed by atoms with E-state index in [1.54, 1.807) is 10.7 Å². The average Bonchev–Trinajstić information content (AvgIpc) is 3.49. The monoisotopic (exact) mass is 389 g/mol. The number of anilines is 2. The van der Waals surface area contributed by atoms with Gasteiger partial charge in [-0.2, -0.15) is 5.10 Å². The molecule has 2 aromatic carbocycles. The lowest BCUT2D eigenvalue weighted by Crippen LogP contribution is -2.28. The molecule has 0 saturated heterocycles. The van der Waals surface area contributed by atoms with Crippen LogP contribution >= 0.6 is 0 Å². The molecule has 29 heavy (non-hydrogen) atoms. The van der Waals surface area contributed by atoms with Gasteiger partial charge in [0.1, 0.15) is 0 Å². The van der Waals surface area contributed by atoms with Gasteiger partial charge in [0.05, 0.1) is 6.54 Å². The number of nitrogens with one attached hydrogen (secondary N) is 3. The van der Waals surface area contributed by atoms with Crippen molar-refractivity contribution in [1.29, 1.82) is 0 Å². The summed E-state index contributed by atoms with van der Waals surface area (Å²) in [6, 6.07) is 18.9. The van der Waals surface area contributed by atoms with Crippen molar-refractivity contribution in [1.82, 2.24) is 15.1 Å². The number of urea groups is 1. The standard InChI is InChI=1S/C22H23N5O2/c28-21(18-9-10-18)24-19-8-4-7-17(13-19)14-23-22(29)25-20-11-12-27(26-20)15-16-5-2-1-3-6-16/h1-8,11-13,18H,9-10,14-15H2,(H,24,28)(H2,23,25,26,29). The Bertz CT molecular complexity index is 995. The highest BCUT2D eigenvalue weighted by Crippen LogP contribution is 2.30. The summed E-state index contributed by atoms with van der Waals surface area (Å²) in [6.07, 6.45) is 3.76. The van der Waals surface area contributed by atoms with E-state index in [2.05, 4.69) is 21.0 Å². The van der Waals surface area contributed by atoms with E-state index in [4.69, 9.17) is 0 Å². The van der Waals surface area contributed by atoms with Crippen molar-refractivity contribution in [2.75, 3.05) is 10.6 Å². The van der Waals surface area contributed by atoms with Crippen molar-refractivity contribution in [3.05, 3.63) is 78.0 Å². The maximum Gasteiger partial charge on any atom is 0.320 e. The molecule has 7 heteroatoms. The van der Waals surface area contributed by atoms with Crippen molar-refractivity contribution in [2.45, 2.75) is 25.9 Å². The second kappa shape index (κ2) is 8.60. The molecule has 1 aliphatic rings. The Hall–Kier alpha value is -3.61. The van der Waals surface area contributed by atoms with E-state index in [0.29, 0.717) is 18.9 Å². The highest BCUT2D eigenvalue weighted by Gasteiger charge is 2.29. The first-order valence-corrected chi connectivity index (χ1v) is 9.68. The third kappa shape index (κ3) is 5.44. The molecule has 3 N–H and O–H groups in total. The van der Waals surface area contributed by atoms with Crippen LogP contribution in [0.1, 0.15) is 24.0 Å². The Morgan fingerprint density at radius 2 is 1.76 bits per heavy atom. The van der Waals surface area contributed by atoms with Crippen LogP contribution < -0.4 is 16.0 Å². The Morgan fingerprint density at radius 1 is 0.966 bits per heavy atom. The first kappa shape index (κ1) is 18.7. The zero-order valence-electron chi connectivity index (χ0n) is 16.0. The number of carbonyl (C=O) groups excluding carboxylic acids is 2. The summed E-state index contributed by atoms with van der Waals surface area (Å²) in [5, 5.41) is 12.8. The van der Waals surface area contributed by atoms with Gasteiger partial charge in [0.15, 0.2) is 5.82 Å². The number of hydrogen-bond donors (Lipinski definition) is 3. The topological polar surface area (TPSA) is 88.0 Å². The zero-order valence-corrected chi connectivity index (χ0v) is 16.0. The Labute approximate surface area is 169 Å². The van der Waals surface area contributed by atoms with Crippen LogP contribution in [-0.2, 0) is 17.9 Å². The smallest absolute Gasteiger partial charge is 0.320 e. The molecule has 7 nitrogen and oxygen atoms in total. The molecule has 0 unspecified atom stereocenters. The van der Waals surface area contributed by atoms with Crippen LogP contribution in [0.5, 0.6) is 0 Å². The lowest BCUT2D eigenvalue weighted by molar-refractivity contribution is -0.117. The molecule has 3 amide bonds. The first-order valence-electron chi connectivity index (χ1n) is 9.68. The number of rotatable bonds is 7. The van der Waals surface area contributed by atoms with E-state index in [-0.39, 0.29) is 17.9 Å². The van der Waals surface area contributed by atoms with Crippen LogP contribution in [0.25, 0.3) is 0 Å². The molecule has 4 rings (SSSR count). The second-order valence-electron chi connectivity index (χ2n) is 7.16. The number of hydrogen-bond acceptors (Lipinski definition) is 3. The van der Waals surface area contributed by atoms with Crippen molar-refractivity contribution >= 4 is 23.4 Å². The van der Waals surface area contributed by atoms with E-state index in [1.165, 1.54) is 0 Å². The summed E-state index contributed by atoms with van der Waals surface area (Å²) >= 11 is 0. The first-order chi connectivity index (χ1) is 14.2. The van der Waals surface area contributed by atoms with Gasteiger partial charge in [0.2, 0.25) is 5.91 Å². The minimum Gasteiger partial charge on any atom is -0.334 e. The SMILES string of the molecule is O=C(NCc1cccc(NC(=O)C2CC2)c1)Nc1ccn(Cc2ccccc2)n1. The maximum absolute atomic E-state index is 12.2. The molecule has 1 fully saturated rings. The molecule has 0 aliphatic heterocycles. The van der Waals surface area contributed by atoms with E-state index >= 15 is 0 Å². The van der Waals surface area contributed by atoms with Gasteiger partial charge < -0.3 is 10.6 Å². The minimum absolute atomic E-state index is 0.0685. The van der Waals surface area contributed by atoms with Crippen molar-refractivity contribution in [2.24, 2.45) is 5.92 Å². The summed E-state index contributed by atoms with van der Waals surface area (Å²) in [5.41, 5.74) is 2.80. The Morgan fingerprint density at radius 3 is 2.55 bits per heavy atom. The van der Waals surface area contributed by atoms with Crippen LogP contribution in [-0.4, -0.2) is 21.7 Å². The largest absolute Gasteiger partial charge is 0.334 e. The zero-order chi connectivity index (χ0) is 20.1. The highest BCUT2D eigenvalue weighted by molar-refractivity contribution is 5.94. The van der Waals surface area contributed by atoms with E-state index < -0.39 is 0 Å². The molecular formula is C22H23N5O2. The molecule has 0 bridgehead atoms. The number of amides is 3. The lowest BCUT2D eigenvalue weighted by Gasteiger charge is -2.09. The predicted molar refractivity (Wildman–Crippen MR) is 111 cm³/mol. The number of benzene rings is 2. The van der Waals surface area contributed by atoms with E-state index in [9.17, 15) is 9.59 Å². The van der Waals surface area contributed by atoms with Gasteiger partial charge >= 0.3 is 6.03 Å². The quantitative estimate of drug-likeness (QED) is 0.577. The summed E-state index contributed by atoms with van der Waals surface area (Å²) in [4.78, 5) is 24.0. The van der Waals surface area contributed by atoms with Gasteiger partial charge in [-0.25, -0.2) is 4.79 Å². The van der Waals surface area contributed by atoms with Crippen LogP contribution in [0, 0.1) is 5.92 Å². The molecular weight excluding hydrogens is 366 g/mol. The normalized spacial score (nSPS) is 13.0. The lowest BCUT2D eigenvalue weighted by atomic mass is 10.2. The minimum atomic E-state index is -0.331. The average molecular weight is 389 g/mol. The van der Waals surface area contributed by atoms with Gasteiger partial charge in [-0.3, -0.25) is 14.8 Å². The van der Waals surface area contributed by atoms with Gasteiger partial charge in [0, 0.05) is 30.4 Å². The maximum atomic E-state index is 12.2. The molecule has 0 radical (unpaired) electrons. The number of aromatic nitrogens is 2. The molecule has 1 aromatic heterocycles. The van der Waals surface area contributed by atoms with Gasteiger partial charge in [0.25, 0.3) is 0 Å². The Kier molecular flexibility index (Phi) is 5.56. The van der Waals surface area contributed by atoms with Crippen LogP contribution in [0.2, 0.25) is 0 Å². The third-order valence-corrected chi connectivity index (χ3v) is 4.67. The van der Waals surface area contributed by atoms with Crippen molar-refractivity contribution in [3.63, 3.8) is 0 Å². The fourth-order valence-corrected chi connectivity index (χ4v) is 2.98. The number of nitrogens with zero attached hydrogens (tertiary/aromatic N) is 2. The molecule has 1 aliphatic carbocycles. The molecule has 0 spiro atoms. The summed E-state index contributed by atoms with van der Waals surface area (Å²) < 4.78 is 1.77. The van der Waals surface area contributed by atoms with Gasteiger partial charge in [-0.05, 0) is 36.1 Å². The molecule has 1 saturated carbocycles. The predicted octanol–water partition coefficient (Wildman–Crippen LogP) is 3.60. The van der Waals surface area contributed by atoms with Crippen LogP contribution in [0.3, 0.4) is 0 Å². The molecule has 0 atom stereocenters. The van der Waals surface area contributed by atoms with Crippen molar-refractivity contribution in [3.8, 4) is 0 Å². The van der Waals surface area contributed by atoms with Crippen LogP contribution in [0.4, 0.5) is 16.3 Å². The van der Waals surface area contributed by atoms with E-state index in [0.717, 1.165) is 29.7 Å².